The molecule has 1 aromatic rings. The first-order valence-electron chi connectivity index (χ1n) is 7.62. The van der Waals surface area contributed by atoms with Gasteiger partial charge in [-0.05, 0) is 18.1 Å². The van der Waals surface area contributed by atoms with Crippen LogP contribution >= 0.6 is 11.6 Å². The Morgan fingerprint density at radius 1 is 1.30 bits per heavy atom. The molecule has 2 unspecified atom stereocenters. The van der Waals surface area contributed by atoms with E-state index in [0.717, 1.165) is 18.7 Å². The number of fused-ring (bicyclic) bond motifs is 1. The molecule has 0 bridgehead atoms. The number of carbonyl (C=O) groups is 1. The van der Waals surface area contributed by atoms with Crippen LogP contribution in [0.2, 0.25) is 0 Å². The lowest BCUT2D eigenvalue weighted by Crippen LogP contribution is -2.45. The Bertz CT molecular complexity index is 695. The molecule has 126 valence electrons. The van der Waals surface area contributed by atoms with E-state index < -0.39 is 15.2 Å². The van der Waals surface area contributed by atoms with E-state index in [2.05, 4.69) is 21.6 Å². The van der Waals surface area contributed by atoms with Crippen molar-refractivity contribution in [3.05, 3.63) is 29.8 Å². The van der Waals surface area contributed by atoms with Gasteiger partial charge < -0.3 is 15.5 Å². The summed E-state index contributed by atoms with van der Waals surface area (Å²) in [5.41, 5.74) is 2.45. The number of hydrogen-bond donors (Lipinski definition) is 2. The maximum Gasteiger partial charge on any atom is 0.235 e. The van der Waals surface area contributed by atoms with Crippen molar-refractivity contribution in [3.63, 3.8) is 0 Å². The number of amides is 1. The van der Waals surface area contributed by atoms with Gasteiger partial charge in [0.05, 0.1) is 30.1 Å². The zero-order valence-corrected chi connectivity index (χ0v) is 14.2. The molecule has 0 radical (unpaired) electrons. The van der Waals surface area contributed by atoms with Crippen molar-refractivity contribution in [2.45, 2.75) is 17.8 Å². The number of sulfone groups is 1. The molecule has 1 saturated heterocycles. The lowest BCUT2D eigenvalue weighted by Gasteiger charge is -2.20. The molecular weight excluding hydrogens is 338 g/mol. The number of anilines is 1. The molecule has 6 nitrogen and oxygen atoms in total. The van der Waals surface area contributed by atoms with Crippen molar-refractivity contribution in [1.82, 2.24) is 10.6 Å². The highest BCUT2D eigenvalue weighted by Gasteiger charge is 2.36. The van der Waals surface area contributed by atoms with Crippen LogP contribution in [0, 0.1) is 0 Å². The summed E-state index contributed by atoms with van der Waals surface area (Å²) in [6.45, 7) is 1.40. The summed E-state index contributed by atoms with van der Waals surface area (Å²) in [5.74, 6) is -0.200. The van der Waals surface area contributed by atoms with Gasteiger partial charge in [-0.3, -0.25) is 4.79 Å². The van der Waals surface area contributed by atoms with Crippen molar-refractivity contribution in [2.75, 3.05) is 36.2 Å². The van der Waals surface area contributed by atoms with Gasteiger partial charge in [-0.15, -0.1) is 11.6 Å². The molecule has 23 heavy (non-hydrogen) atoms. The van der Waals surface area contributed by atoms with Crippen LogP contribution in [0.1, 0.15) is 5.56 Å². The van der Waals surface area contributed by atoms with Crippen LogP contribution in [0.3, 0.4) is 0 Å². The third-order valence-electron chi connectivity index (χ3n) is 4.26. The Labute approximate surface area is 141 Å². The summed E-state index contributed by atoms with van der Waals surface area (Å²) < 4.78 is 23.0. The van der Waals surface area contributed by atoms with E-state index in [4.69, 9.17) is 11.6 Å². The Morgan fingerprint density at radius 3 is 2.83 bits per heavy atom. The monoisotopic (exact) mass is 357 g/mol. The van der Waals surface area contributed by atoms with E-state index in [1.807, 2.05) is 18.2 Å². The van der Waals surface area contributed by atoms with E-state index in [1.165, 1.54) is 5.56 Å². The molecule has 2 N–H and O–H groups in total. The number of benzene rings is 1. The van der Waals surface area contributed by atoms with Gasteiger partial charge in [0.2, 0.25) is 5.91 Å². The van der Waals surface area contributed by atoms with E-state index in [9.17, 15) is 13.2 Å². The van der Waals surface area contributed by atoms with E-state index in [0.29, 0.717) is 6.67 Å². The summed E-state index contributed by atoms with van der Waals surface area (Å²) in [4.78, 5) is 14.1. The molecular formula is C15H20ClN3O3S. The molecule has 1 amide bonds. The molecule has 2 atom stereocenters. The van der Waals surface area contributed by atoms with Crippen LogP contribution in [0.25, 0.3) is 0 Å². The highest BCUT2D eigenvalue weighted by Crippen LogP contribution is 2.26. The topological polar surface area (TPSA) is 78.5 Å². The highest BCUT2D eigenvalue weighted by molar-refractivity contribution is 7.91. The predicted octanol–water partition coefficient (Wildman–Crippen LogP) is 0.117. The third kappa shape index (κ3) is 3.97. The number of carbonyl (C=O) groups excluding carboxylic acids is 1. The molecule has 0 spiro atoms. The summed E-state index contributed by atoms with van der Waals surface area (Å²) in [5, 5.41) is 5.32. The minimum Gasteiger partial charge on any atom is -0.353 e. The largest absolute Gasteiger partial charge is 0.353 e. The summed E-state index contributed by atoms with van der Waals surface area (Å²) in [7, 11) is -3.09. The quantitative estimate of drug-likeness (QED) is 0.732. The van der Waals surface area contributed by atoms with Gasteiger partial charge in [0, 0.05) is 18.3 Å². The van der Waals surface area contributed by atoms with Crippen LogP contribution in [0.5, 0.6) is 0 Å². The molecule has 1 fully saturated rings. The normalized spacial score (nSPS) is 25.3. The fraction of sp³-hybridized carbons (Fsp3) is 0.533. The highest BCUT2D eigenvalue weighted by atomic mass is 35.5. The lowest BCUT2D eigenvalue weighted by molar-refractivity contribution is -0.120. The average Bonchev–Trinajstić information content (AvgIpc) is 3.03. The maximum absolute atomic E-state index is 11.9. The number of para-hydroxylation sites is 1. The molecule has 0 aromatic heterocycles. The number of alkyl halides is 1. The Morgan fingerprint density at radius 2 is 2.09 bits per heavy atom. The van der Waals surface area contributed by atoms with Gasteiger partial charge in [-0.2, -0.15) is 0 Å². The number of hydrogen-bond acceptors (Lipinski definition) is 5. The van der Waals surface area contributed by atoms with Gasteiger partial charge >= 0.3 is 0 Å². The summed E-state index contributed by atoms with van der Waals surface area (Å²) in [6, 6.07) is 7.79. The second kappa shape index (κ2) is 6.67. The lowest BCUT2D eigenvalue weighted by atomic mass is 10.2. The number of halogens is 1. The molecule has 8 heteroatoms. The van der Waals surface area contributed by atoms with Crippen LogP contribution < -0.4 is 15.5 Å². The second-order valence-electron chi connectivity index (χ2n) is 5.98. The van der Waals surface area contributed by atoms with E-state index in [1.54, 1.807) is 0 Å². The van der Waals surface area contributed by atoms with Gasteiger partial charge in [0.15, 0.2) is 9.84 Å². The first kappa shape index (κ1) is 16.5. The SMILES string of the molecule is O=C(CNC1CS(=O)(=O)CC1Cl)NCN1CCc2ccccc21. The van der Waals surface area contributed by atoms with Crippen molar-refractivity contribution < 1.29 is 13.2 Å². The fourth-order valence-electron chi connectivity index (χ4n) is 3.03. The third-order valence-corrected chi connectivity index (χ3v) is 6.63. The molecule has 2 aliphatic heterocycles. The van der Waals surface area contributed by atoms with Gasteiger partial charge in [-0.1, -0.05) is 18.2 Å². The molecule has 2 aliphatic rings. The Kier molecular flexibility index (Phi) is 4.79. The first-order valence-corrected chi connectivity index (χ1v) is 9.88. The standard InChI is InChI=1S/C15H20ClN3O3S/c16-12-8-23(21,22)9-13(12)17-7-15(20)18-10-19-6-5-11-3-1-2-4-14(11)19/h1-4,12-13,17H,5-10H2,(H,18,20). The Hall–Kier alpha value is -1.31. The van der Waals surface area contributed by atoms with Crippen molar-refractivity contribution in [2.24, 2.45) is 0 Å². The van der Waals surface area contributed by atoms with Gasteiger partial charge in [0.25, 0.3) is 0 Å². The minimum absolute atomic E-state index is 0.00600. The van der Waals surface area contributed by atoms with Crippen LogP contribution in [0.15, 0.2) is 24.3 Å². The zero-order valence-electron chi connectivity index (χ0n) is 12.7. The number of nitrogens with one attached hydrogen (secondary N) is 2. The second-order valence-corrected chi connectivity index (χ2v) is 8.69. The van der Waals surface area contributed by atoms with Crippen LogP contribution in [-0.4, -0.2) is 57.0 Å². The Balaban J connectivity index is 1.44. The molecule has 3 rings (SSSR count). The summed E-state index contributed by atoms with van der Waals surface area (Å²) >= 11 is 6.00. The van der Waals surface area contributed by atoms with E-state index in [-0.39, 0.29) is 30.0 Å². The van der Waals surface area contributed by atoms with Gasteiger partial charge in [0.1, 0.15) is 0 Å². The van der Waals surface area contributed by atoms with Crippen molar-refractivity contribution in [3.8, 4) is 0 Å². The number of rotatable bonds is 5. The molecule has 2 heterocycles. The molecule has 0 aliphatic carbocycles. The summed E-state index contributed by atoms with van der Waals surface area (Å²) in [6.07, 6.45) is 0.984. The van der Waals surface area contributed by atoms with Crippen LogP contribution in [-0.2, 0) is 21.1 Å². The van der Waals surface area contributed by atoms with E-state index >= 15 is 0 Å². The predicted molar refractivity (Wildman–Crippen MR) is 90.6 cm³/mol. The minimum atomic E-state index is -3.09. The van der Waals surface area contributed by atoms with Crippen molar-refractivity contribution >= 4 is 33.0 Å². The average molecular weight is 358 g/mol. The molecule has 0 saturated carbocycles. The smallest absolute Gasteiger partial charge is 0.235 e. The maximum atomic E-state index is 11.9. The molecule has 1 aromatic carbocycles. The number of nitrogens with zero attached hydrogens (tertiary/aromatic N) is 1. The van der Waals surface area contributed by atoms with Crippen molar-refractivity contribution in [1.29, 1.82) is 0 Å². The zero-order chi connectivity index (χ0) is 16.4. The van der Waals surface area contributed by atoms with Crippen LogP contribution in [0.4, 0.5) is 5.69 Å². The van der Waals surface area contributed by atoms with Gasteiger partial charge in [-0.25, -0.2) is 8.42 Å². The fourth-order valence-corrected chi connectivity index (χ4v) is 5.64. The first-order chi connectivity index (χ1) is 10.9.